The van der Waals surface area contributed by atoms with E-state index in [4.69, 9.17) is 5.11 Å². The maximum Gasteiger partial charge on any atom is 0.140 e. The molecule has 0 aromatic heterocycles. The highest BCUT2D eigenvalue weighted by Gasteiger charge is 2.09. The summed E-state index contributed by atoms with van der Waals surface area (Å²) in [6.45, 7) is -0.00937. The summed E-state index contributed by atoms with van der Waals surface area (Å²) in [5.74, 6) is -0.795. The third kappa shape index (κ3) is 2.69. The molecule has 0 unspecified atom stereocenters. The van der Waals surface area contributed by atoms with Gasteiger partial charge in [-0.1, -0.05) is 0 Å². The lowest BCUT2D eigenvalue weighted by Gasteiger charge is -2.06. The largest absolute Gasteiger partial charge is 0.396 e. The molecule has 78 valence electrons. The van der Waals surface area contributed by atoms with Crippen LogP contribution in [0.3, 0.4) is 0 Å². The highest BCUT2D eigenvalue weighted by molar-refractivity contribution is 7.98. The number of hydrogen-bond acceptors (Lipinski definition) is 2. The van der Waals surface area contributed by atoms with Crippen molar-refractivity contribution in [2.45, 2.75) is 17.7 Å². The lowest BCUT2D eigenvalue weighted by atomic mass is 10.1. The van der Waals surface area contributed by atoms with Crippen LogP contribution < -0.4 is 0 Å². The Hall–Kier alpha value is -0.610. The molecule has 0 bridgehead atoms. The second-order valence-electron chi connectivity index (χ2n) is 2.91. The first kappa shape index (κ1) is 11.5. The highest BCUT2D eigenvalue weighted by atomic mass is 32.2. The summed E-state index contributed by atoms with van der Waals surface area (Å²) in [6.07, 6.45) is 2.52. The topological polar surface area (TPSA) is 20.2 Å². The van der Waals surface area contributed by atoms with Crippen LogP contribution in [0.15, 0.2) is 17.0 Å². The summed E-state index contributed by atoms with van der Waals surface area (Å²) in [5.41, 5.74) is 0.336. The van der Waals surface area contributed by atoms with Gasteiger partial charge in [0.2, 0.25) is 0 Å². The fraction of sp³-hybridized carbons (Fsp3) is 0.400. The third-order valence-corrected chi connectivity index (χ3v) is 2.64. The molecule has 0 heterocycles. The van der Waals surface area contributed by atoms with E-state index in [1.165, 1.54) is 23.9 Å². The highest BCUT2D eigenvalue weighted by Crippen LogP contribution is 2.24. The molecular formula is C10H12F2OS. The van der Waals surface area contributed by atoms with E-state index in [0.29, 0.717) is 23.3 Å². The van der Waals surface area contributed by atoms with Gasteiger partial charge in [-0.2, -0.15) is 0 Å². The first-order valence-electron chi connectivity index (χ1n) is 4.31. The van der Waals surface area contributed by atoms with Gasteiger partial charge in [-0.05, 0) is 36.8 Å². The fourth-order valence-corrected chi connectivity index (χ4v) is 1.76. The monoisotopic (exact) mass is 218 g/mol. The smallest absolute Gasteiger partial charge is 0.140 e. The van der Waals surface area contributed by atoms with Crippen LogP contribution in [0.5, 0.6) is 0 Å². The molecular weight excluding hydrogens is 206 g/mol. The Balaban J connectivity index is 2.96. The molecule has 0 spiro atoms. The van der Waals surface area contributed by atoms with Gasteiger partial charge in [-0.3, -0.25) is 0 Å². The van der Waals surface area contributed by atoms with E-state index in [-0.39, 0.29) is 12.4 Å². The van der Waals surface area contributed by atoms with E-state index < -0.39 is 5.82 Å². The number of hydrogen-bond donors (Lipinski definition) is 1. The van der Waals surface area contributed by atoms with Gasteiger partial charge in [0.15, 0.2) is 0 Å². The van der Waals surface area contributed by atoms with Gasteiger partial charge >= 0.3 is 0 Å². The standard InChI is InChI=1S/C10H12F2OS/c1-14-9-6-8(11)5-7(10(9)12)3-2-4-13/h5-6,13H,2-4H2,1H3. The van der Waals surface area contributed by atoms with E-state index >= 15 is 0 Å². The number of benzene rings is 1. The third-order valence-electron chi connectivity index (χ3n) is 1.90. The summed E-state index contributed by atoms with van der Waals surface area (Å²) >= 11 is 1.18. The van der Waals surface area contributed by atoms with Crippen LogP contribution in [0.25, 0.3) is 0 Å². The minimum absolute atomic E-state index is 0.00937. The number of aliphatic hydroxyl groups excluding tert-OH is 1. The van der Waals surface area contributed by atoms with E-state index in [1.807, 2.05) is 0 Å². The molecule has 0 aliphatic rings. The Morgan fingerprint density at radius 1 is 1.36 bits per heavy atom. The van der Waals surface area contributed by atoms with Crippen molar-refractivity contribution >= 4 is 11.8 Å². The Morgan fingerprint density at radius 3 is 2.64 bits per heavy atom. The number of rotatable bonds is 4. The zero-order valence-electron chi connectivity index (χ0n) is 7.89. The van der Waals surface area contributed by atoms with E-state index in [2.05, 4.69) is 0 Å². The first-order chi connectivity index (χ1) is 6.69. The molecule has 1 nitrogen and oxygen atoms in total. The number of aryl methyl sites for hydroxylation is 1. The predicted molar refractivity (Wildman–Crippen MR) is 53.5 cm³/mol. The quantitative estimate of drug-likeness (QED) is 0.784. The second-order valence-corrected chi connectivity index (χ2v) is 3.76. The van der Waals surface area contributed by atoms with Crippen LogP contribution in [0.2, 0.25) is 0 Å². The molecule has 4 heteroatoms. The number of aliphatic hydroxyl groups is 1. The van der Waals surface area contributed by atoms with Crippen molar-refractivity contribution in [3.8, 4) is 0 Å². The van der Waals surface area contributed by atoms with Gasteiger partial charge in [0.05, 0.1) is 0 Å². The lowest BCUT2D eigenvalue weighted by molar-refractivity contribution is 0.288. The second kappa shape index (κ2) is 5.32. The summed E-state index contributed by atoms with van der Waals surface area (Å²) in [4.78, 5) is 0.318. The molecule has 0 saturated heterocycles. The zero-order valence-corrected chi connectivity index (χ0v) is 8.70. The molecule has 0 radical (unpaired) electrons. The van der Waals surface area contributed by atoms with Gasteiger partial charge in [-0.15, -0.1) is 11.8 Å². The van der Waals surface area contributed by atoms with Crippen LogP contribution in [0, 0.1) is 11.6 Å². The van der Waals surface area contributed by atoms with Gasteiger partial charge in [0.25, 0.3) is 0 Å². The molecule has 1 N–H and O–H groups in total. The van der Waals surface area contributed by atoms with Gasteiger partial charge in [-0.25, -0.2) is 8.78 Å². The molecule has 0 amide bonds. The average Bonchev–Trinajstić information content (AvgIpc) is 2.18. The predicted octanol–water partition coefficient (Wildman–Crippen LogP) is 2.61. The zero-order chi connectivity index (χ0) is 10.6. The summed E-state index contributed by atoms with van der Waals surface area (Å²) in [6, 6.07) is 2.37. The maximum absolute atomic E-state index is 13.5. The Labute approximate surface area is 86.1 Å². The molecule has 0 aliphatic carbocycles. The van der Waals surface area contributed by atoms with Crippen molar-refractivity contribution in [1.82, 2.24) is 0 Å². The molecule has 1 rings (SSSR count). The average molecular weight is 218 g/mol. The van der Waals surface area contributed by atoms with Gasteiger partial charge in [0.1, 0.15) is 11.6 Å². The van der Waals surface area contributed by atoms with Crippen molar-refractivity contribution in [2.75, 3.05) is 12.9 Å². The normalized spacial score (nSPS) is 10.6. The van der Waals surface area contributed by atoms with Crippen molar-refractivity contribution in [3.63, 3.8) is 0 Å². The molecule has 0 fully saturated rings. The fourth-order valence-electron chi connectivity index (χ4n) is 1.22. The number of halogens is 2. The SMILES string of the molecule is CSc1cc(F)cc(CCCO)c1F. The van der Waals surface area contributed by atoms with Crippen molar-refractivity contribution in [1.29, 1.82) is 0 Å². The van der Waals surface area contributed by atoms with Crippen LogP contribution in [0.1, 0.15) is 12.0 Å². The van der Waals surface area contributed by atoms with Crippen molar-refractivity contribution in [3.05, 3.63) is 29.3 Å². The Morgan fingerprint density at radius 2 is 2.07 bits per heavy atom. The number of thioether (sulfide) groups is 1. The molecule has 0 aliphatic heterocycles. The van der Waals surface area contributed by atoms with Crippen LogP contribution in [0.4, 0.5) is 8.78 Å². The van der Waals surface area contributed by atoms with Crippen LogP contribution in [-0.2, 0) is 6.42 Å². The molecule has 0 atom stereocenters. The van der Waals surface area contributed by atoms with Crippen LogP contribution >= 0.6 is 11.8 Å². The Kier molecular flexibility index (Phi) is 4.35. The van der Waals surface area contributed by atoms with Crippen molar-refractivity contribution in [2.24, 2.45) is 0 Å². The van der Waals surface area contributed by atoms with Gasteiger partial charge in [0, 0.05) is 11.5 Å². The Bertz CT molecular complexity index is 315. The first-order valence-corrected chi connectivity index (χ1v) is 5.54. The minimum Gasteiger partial charge on any atom is -0.396 e. The summed E-state index contributed by atoms with van der Waals surface area (Å²) in [5, 5.41) is 8.59. The molecule has 14 heavy (non-hydrogen) atoms. The maximum atomic E-state index is 13.5. The van der Waals surface area contributed by atoms with E-state index in [1.54, 1.807) is 6.26 Å². The summed E-state index contributed by atoms with van der Waals surface area (Å²) in [7, 11) is 0. The molecule has 1 aromatic rings. The molecule has 0 saturated carbocycles. The van der Waals surface area contributed by atoms with E-state index in [0.717, 1.165) is 0 Å². The molecule has 1 aromatic carbocycles. The minimum atomic E-state index is -0.427. The van der Waals surface area contributed by atoms with Gasteiger partial charge < -0.3 is 5.11 Å². The van der Waals surface area contributed by atoms with E-state index in [9.17, 15) is 8.78 Å². The lowest BCUT2D eigenvalue weighted by Crippen LogP contribution is -1.97. The van der Waals surface area contributed by atoms with Crippen LogP contribution in [-0.4, -0.2) is 18.0 Å². The van der Waals surface area contributed by atoms with Crippen molar-refractivity contribution < 1.29 is 13.9 Å². The summed E-state index contributed by atoms with van der Waals surface area (Å²) < 4.78 is 26.5.